The molecule has 0 fully saturated rings. The third-order valence-corrected chi connectivity index (χ3v) is 2.52. The van der Waals surface area contributed by atoms with Gasteiger partial charge >= 0.3 is 0 Å². The number of nitrogens with zero attached hydrogens (tertiary/aromatic N) is 1. The Kier molecular flexibility index (Phi) is 5.80. The van der Waals surface area contributed by atoms with Gasteiger partial charge in [0, 0.05) is 18.6 Å². The second-order valence-corrected chi connectivity index (χ2v) is 4.14. The molecule has 0 radical (unpaired) electrons. The molecule has 0 aliphatic heterocycles. The molecule has 0 aliphatic carbocycles. The second-order valence-electron chi connectivity index (χ2n) is 3.70. The SMILES string of the molecule is CN(CCCN)C(=O)COc1cccc(Cl)c1. The van der Waals surface area contributed by atoms with Gasteiger partial charge in [-0.25, -0.2) is 0 Å². The first-order valence-corrected chi connectivity index (χ1v) is 5.83. The lowest BCUT2D eigenvalue weighted by molar-refractivity contribution is -0.132. The minimum absolute atomic E-state index is 0.0153. The van der Waals surface area contributed by atoms with Crippen LogP contribution in [0.25, 0.3) is 0 Å². The minimum Gasteiger partial charge on any atom is -0.484 e. The zero-order valence-electron chi connectivity index (χ0n) is 9.86. The van der Waals surface area contributed by atoms with Crippen molar-refractivity contribution >= 4 is 17.5 Å². The maximum Gasteiger partial charge on any atom is 0.260 e. The van der Waals surface area contributed by atoms with Crippen LogP contribution in [-0.2, 0) is 4.79 Å². The first-order chi connectivity index (χ1) is 8.13. The predicted octanol–water partition coefficient (Wildman–Crippen LogP) is 1.53. The number of ether oxygens (including phenoxy) is 1. The summed E-state index contributed by atoms with van der Waals surface area (Å²) in [6.07, 6.45) is 0.791. The number of nitrogens with two attached hydrogens (primary N) is 1. The molecule has 94 valence electrons. The number of halogens is 1. The van der Waals surface area contributed by atoms with Crippen molar-refractivity contribution in [2.24, 2.45) is 5.73 Å². The van der Waals surface area contributed by atoms with E-state index in [1.807, 2.05) is 0 Å². The smallest absolute Gasteiger partial charge is 0.260 e. The van der Waals surface area contributed by atoms with Crippen LogP contribution in [0, 0.1) is 0 Å². The standard InChI is InChI=1S/C12H17ClN2O2/c1-15(7-3-6-14)12(16)9-17-11-5-2-4-10(13)8-11/h2,4-5,8H,3,6-7,9,14H2,1H3. The van der Waals surface area contributed by atoms with Crippen LogP contribution >= 0.6 is 11.6 Å². The highest BCUT2D eigenvalue weighted by Gasteiger charge is 2.08. The zero-order chi connectivity index (χ0) is 12.7. The summed E-state index contributed by atoms with van der Waals surface area (Å²) < 4.78 is 5.34. The molecule has 2 N–H and O–H groups in total. The normalized spacial score (nSPS) is 10.1. The van der Waals surface area contributed by atoms with Crippen molar-refractivity contribution in [1.82, 2.24) is 4.90 Å². The van der Waals surface area contributed by atoms with Gasteiger partial charge in [0.2, 0.25) is 0 Å². The molecule has 1 amide bonds. The Hall–Kier alpha value is -1.26. The summed E-state index contributed by atoms with van der Waals surface area (Å²) in [4.78, 5) is 13.2. The van der Waals surface area contributed by atoms with Crippen LogP contribution in [0.15, 0.2) is 24.3 Å². The molecule has 0 heterocycles. The van der Waals surface area contributed by atoms with Crippen molar-refractivity contribution in [3.05, 3.63) is 29.3 Å². The van der Waals surface area contributed by atoms with Gasteiger partial charge in [-0.15, -0.1) is 0 Å². The van der Waals surface area contributed by atoms with E-state index in [4.69, 9.17) is 22.1 Å². The Morgan fingerprint density at radius 2 is 2.29 bits per heavy atom. The molecule has 0 unspecified atom stereocenters. The Morgan fingerprint density at radius 1 is 1.53 bits per heavy atom. The Bertz CT molecular complexity index is 371. The van der Waals surface area contributed by atoms with Crippen molar-refractivity contribution in [3.8, 4) is 5.75 Å². The summed E-state index contributed by atoms with van der Waals surface area (Å²) in [6.45, 7) is 1.24. The number of amides is 1. The maximum absolute atomic E-state index is 11.6. The average molecular weight is 257 g/mol. The fourth-order valence-corrected chi connectivity index (χ4v) is 1.45. The minimum atomic E-state index is -0.0709. The van der Waals surface area contributed by atoms with Crippen LogP contribution in [0.1, 0.15) is 6.42 Å². The molecule has 1 aromatic carbocycles. The third-order valence-electron chi connectivity index (χ3n) is 2.28. The van der Waals surface area contributed by atoms with Gasteiger partial charge < -0.3 is 15.4 Å². The molecule has 5 heteroatoms. The Balaban J connectivity index is 2.37. The van der Waals surface area contributed by atoms with Crippen LogP contribution in [0.5, 0.6) is 5.75 Å². The highest BCUT2D eigenvalue weighted by Crippen LogP contribution is 2.16. The number of hydrogen-bond acceptors (Lipinski definition) is 3. The van der Waals surface area contributed by atoms with Crippen LogP contribution < -0.4 is 10.5 Å². The summed E-state index contributed by atoms with van der Waals surface area (Å²) in [5.41, 5.74) is 5.37. The zero-order valence-corrected chi connectivity index (χ0v) is 10.6. The molecule has 0 bridgehead atoms. The Labute approximate surface area is 106 Å². The summed E-state index contributed by atoms with van der Waals surface area (Å²) >= 11 is 5.80. The summed E-state index contributed by atoms with van der Waals surface area (Å²) in [5.74, 6) is 0.525. The molecular formula is C12H17ClN2O2. The van der Waals surface area contributed by atoms with Gasteiger partial charge in [-0.05, 0) is 31.2 Å². The fourth-order valence-electron chi connectivity index (χ4n) is 1.27. The molecule has 4 nitrogen and oxygen atoms in total. The molecule has 17 heavy (non-hydrogen) atoms. The van der Waals surface area contributed by atoms with E-state index in [1.54, 1.807) is 36.2 Å². The number of hydrogen-bond donors (Lipinski definition) is 1. The van der Waals surface area contributed by atoms with Gasteiger partial charge in [0.1, 0.15) is 5.75 Å². The van der Waals surface area contributed by atoms with E-state index in [1.165, 1.54) is 0 Å². The number of rotatable bonds is 6. The van der Waals surface area contributed by atoms with E-state index in [-0.39, 0.29) is 12.5 Å². The van der Waals surface area contributed by atoms with Crippen LogP contribution in [0.2, 0.25) is 5.02 Å². The molecule has 0 atom stereocenters. The van der Waals surface area contributed by atoms with Crippen molar-refractivity contribution in [2.75, 3.05) is 26.7 Å². The molecule has 0 aliphatic rings. The number of benzene rings is 1. The van der Waals surface area contributed by atoms with E-state index in [9.17, 15) is 4.79 Å². The van der Waals surface area contributed by atoms with Crippen LogP contribution in [0.4, 0.5) is 0 Å². The summed E-state index contributed by atoms with van der Waals surface area (Å²) in [7, 11) is 1.74. The van der Waals surface area contributed by atoms with Crippen molar-refractivity contribution in [3.63, 3.8) is 0 Å². The number of likely N-dealkylation sites (N-methyl/N-ethyl adjacent to an activating group) is 1. The van der Waals surface area contributed by atoms with Crippen molar-refractivity contribution in [1.29, 1.82) is 0 Å². The molecule has 1 rings (SSSR count). The highest BCUT2D eigenvalue weighted by atomic mass is 35.5. The lowest BCUT2D eigenvalue weighted by atomic mass is 10.3. The molecule has 0 saturated heterocycles. The van der Waals surface area contributed by atoms with Gasteiger partial charge in [0.25, 0.3) is 5.91 Å². The molecule has 0 saturated carbocycles. The van der Waals surface area contributed by atoms with E-state index in [0.29, 0.717) is 23.9 Å². The number of carbonyl (C=O) groups is 1. The van der Waals surface area contributed by atoms with Gasteiger partial charge in [-0.2, -0.15) is 0 Å². The van der Waals surface area contributed by atoms with E-state index >= 15 is 0 Å². The monoisotopic (exact) mass is 256 g/mol. The molecular weight excluding hydrogens is 240 g/mol. The molecule has 0 aromatic heterocycles. The Morgan fingerprint density at radius 3 is 2.94 bits per heavy atom. The molecule has 1 aromatic rings. The fraction of sp³-hybridized carbons (Fsp3) is 0.417. The van der Waals surface area contributed by atoms with Crippen molar-refractivity contribution in [2.45, 2.75) is 6.42 Å². The summed E-state index contributed by atoms with van der Waals surface area (Å²) in [6, 6.07) is 6.97. The third kappa shape index (κ3) is 5.06. The quantitative estimate of drug-likeness (QED) is 0.840. The van der Waals surface area contributed by atoms with Crippen LogP contribution in [-0.4, -0.2) is 37.6 Å². The van der Waals surface area contributed by atoms with Gasteiger partial charge in [-0.3, -0.25) is 4.79 Å². The van der Waals surface area contributed by atoms with E-state index < -0.39 is 0 Å². The lowest BCUT2D eigenvalue weighted by Gasteiger charge is -2.16. The highest BCUT2D eigenvalue weighted by molar-refractivity contribution is 6.30. The van der Waals surface area contributed by atoms with Gasteiger partial charge in [0.05, 0.1) is 0 Å². The number of carbonyl (C=O) groups excluding carboxylic acids is 1. The maximum atomic E-state index is 11.6. The van der Waals surface area contributed by atoms with Crippen molar-refractivity contribution < 1.29 is 9.53 Å². The predicted molar refractivity (Wildman–Crippen MR) is 68.3 cm³/mol. The van der Waals surface area contributed by atoms with Crippen LogP contribution in [0.3, 0.4) is 0 Å². The average Bonchev–Trinajstić information content (AvgIpc) is 2.33. The van der Waals surface area contributed by atoms with Gasteiger partial charge in [-0.1, -0.05) is 17.7 Å². The largest absolute Gasteiger partial charge is 0.484 e. The molecule has 0 spiro atoms. The lowest BCUT2D eigenvalue weighted by Crippen LogP contribution is -2.33. The second kappa shape index (κ2) is 7.14. The van der Waals surface area contributed by atoms with Gasteiger partial charge in [0.15, 0.2) is 6.61 Å². The van der Waals surface area contributed by atoms with E-state index in [0.717, 1.165) is 6.42 Å². The first kappa shape index (κ1) is 13.8. The topological polar surface area (TPSA) is 55.6 Å². The first-order valence-electron chi connectivity index (χ1n) is 5.46. The summed E-state index contributed by atoms with van der Waals surface area (Å²) in [5, 5.41) is 0.589. The van der Waals surface area contributed by atoms with E-state index in [2.05, 4.69) is 0 Å².